The molecule has 1 fully saturated rings. The van der Waals surface area contributed by atoms with Crippen LogP contribution in [0.15, 0.2) is 18.3 Å². The van der Waals surface area contributed by atoms with E-state index in [4.69, 9.17) is 4.74 Å². The quantitative estimate of drug-likeness (QED) is 0.778. The van der Waals surface area contributed by atoms with Crippen molar-refractivity contribution >= 4 is 5.82 Å². The molecule has 0 radical (unpaired) electrons. The highest BCUT2D eigenvalue weighted by Gasteiger charge is 2.14. The molecule has 1 unspecified atom stereocenters. The summed E-state index contributed by atoms with van der Waals surface area (Å²) < 4.78 is 5.67. The normalized spacial score (nSPS) is 18.8. The van der Waals surface area contributed by atoms with Crippen LogP contribution in [-0.2, 0) is 0 Å². The van der Waals surface area contributed by atoms with E-state index >= 15 is 0 Å². The van der Waals surface area contributed by atoms with Crippen molar-refractivity contribution in [1.29, 1.82) is 0 Å². The maximum Gasteiger partial charge on any atom is 0.168 e. The Kier molecular flexibility index (Phi) is 5.27. The molecule has 4 heteroatoms. The lowest BCUT2D eigenvalue weighted by molar-refractivity contribution is 0.317. The number of rotatable bonds is 7. The van der Waals surface area contributed by atoms with Gasteiger partial charge in [-0.15, -0.1) is 0 Å². The second-order valence-corrected chi connectivity index (χ2v) is 4.77. The summed E-state index contributed by atoms with van der Waals surface area (Å²) in [7, 11) is 0. The molecule has 0 amide bonds. The van der Waals surface area contributed by atoms with Gasteiger partial charge in [0.05, 0.1) is 6.61 Å². The van der Waals surface area contributed by atoms with Crippen molar-refractivity contribution in [2.75, 3.05) is 31.6 Å². The third kappa shape index (κ3) is 3.88. The van der Waals surface area contributed by atoms with E-state index in [1.165, 1.54) is 19.4 Å². The van der Waals surface area contributed by atoms with Crippen molar-refractivity contribution in [1.82, 2.24) is 10.3 Å². The number of anilines is 1. The average molecular weight is 249 g/mol. The number of hydrogen-bond acceptors (Lipinski definition) is 4. The van der Waals surface area contributed by atoms with Gasteiger partial charge in [-0.05, 0) is 50.4 Å². The lowest BCUT2D eigenvalue weighted by Crippen LogP contribution is -2.13. The summed E-state index contributed by atoms with van der Waals surface area (Å²) >= 11 is 0. The van der Waals surface area contributed by atoms with Gasteiger partial charge in [0.25, 0.3) is 0 Å². The minimum atomic E-state index is 0.743. The smallest absolute Gasteiger partial charge is 0.168 e. The van der Waals surface area contributed by atoms with Crippen LogP contribution in [0.3, 0.4) is 0 Å². The van der Waals surface area contributed by atoms with Crippen LogP contribution in [-0.4, -0.2) is 31.2 Å². The maximum atomic E-state index is 5.67. The number of aromatic nitrogens is 1. The summed E-state index contributed by atoms with van der Waals surface area (Å²) in [6.07, 6.45) is 5.31. The van der Waals surface area contributed by atoms with Crippen LogP contribution in [0.1, 0.15) is 26.2 Å². The number of nitrogens with one attached hydrogen (secondary N) is 2. The van der Waals surface area contributed by atoms with E-state index in [2.05, 4.69) is 22.5 Å². The van der Waals surface area contributed by atoms with Crippen LogP contribution < -0.4 is 15.4 Å². The lowest BCUT2D eigenvalue weighted by atomic mass is 10.1. The molecule has 1 aliphatic rings. The van der Waals surface area contributed by atoms with E-state index in [-0.39, 0.29) is 0 Å². The van der Waals surface area contributed by atoms with Crippen LogP contribution in [0.4, 0.5) is 5.82 Å². The van der Waals surface area contributed by atoms with Gasteiger partial charge < -0.3 is 15.4 Å². The SMILES string of the molecule is CCCOc1cccnc1NCCC1CCNC1. The molecule has 1 aromatic heterocycles. The molecule has 1 saturated heterocycles. The van der Waals surface area contributed by atoms with Crippen molar-refractivity contribution in [3.63, 3.8) is 0 Å². The van der Waals surface area contributed by atoms with Gasteiger partial charge in [-0.25, -0.2) is 4.98 Å². The van der Waals surface area contributed by atoms with E-state index in [0.29, 0.717) is 0 Å². The fraction of sp³-hybridized carbons (Fsp3) is 0.643. The average Bonchev–Trinajstić information content (AvgIpc) is 2.91. The van der Waals surface area contributed by atoms with E-state index in [1.54, 1.807) is 6.20 Å². The molecule has 0 bridgehead atoms. The monoisotopic (exact) mass is 249 g/mol. The second kappa shape index (κ2) is 7.21. The first kappa shape index (κ1) is 13.1. The summed E-state index contributed by atoms with van der Waals surface area (Å²) in [5.41, 5.74) is 0. The molecule has 2 N–H and O–H groups in total. The molecule has 0 spiro atoms. The predicted molar refractivity (Wildman–Crippen MR) is 74.1 cm³/mol. The minimum Gasteiger partial charge on any atom is -0.490 e. The molecule has 18 heavy (non-hydrogen) atoms. The summed E-state index contributed by atoms with van der Waals surface area (Å²) in [6.45, 7) is 6.14. The largest absolute Gasteiger partial charge is 0.490 e. The number of nitrogens with zero attached hydrogens (tertiary/aromatic N) is 1. The van der Waals surface area contributed by atoms with Crippen LogP contribution in [0.5, 0.6) is 5.75 Å². The van der Waals surface area contributed by atoms with Crippen LogP contribution in [0, 0.1) is 5.92 Å². The Labute approximate surface area is 109 Å². The van der Waals surface area contributed by atoms with Gasteiger partial charge in [-0.2, -0.15) is 0 Å². The summed E-state index contributed by atoms with van der Waals surface area (Å²) in [5, 5.41) is 6.78. The molecule has 2 rings (SSSR count). The molecular weight excluding hydrogens is 226 g/mol. The van der Waals surface area contributed by atoms with E-state index in [9.17, 15) is 0 Å². The highest BCUT2D eigenvalue weighted by molar-refractivity contribution is 5.49. The molecule has 2 heterocycles. The Morgan fingerprint density at radius 1 is 1.56 bits per heavy atom. The summed E-state index contributed by atoms with van der Waals surface area (Å²) in [4.78, 5) is 4.34. The molecule has 1 aromatic rings. The zero-order valence-electron chi connectivity index (χ0n) is 11.1. The number of pyridine rings is 1. The zero-order chi connectivity index (χ0) is 12.6. The summed E-state index contributed by atoms with van der Waals surface area (Å²) in [6, 6.07) is 3.89. The number of ether oxygens (including phenoxy) is 1. The van der Waals surface area contributed by atoms with Crippen molar-refractivity contribution in [2.45, 2.75) is 26.2 Å². The number of hydrogen-bond donors (Lipinski definition) is 2. The van der Waals surface area contributed by atoms with Crippen molar-refractivity contribution in [3.05, 3.63) is 18.3 Å². The first-order valence-corrected chi connectivity index (χ1v) is 6.92. The zero-order valence-corrected chi connectivity index (χ0v) is 11.1. The van der Waals surface area contributed by atoms with Gasteiger partial charge in [0.1, 0.15) is 0 Å². The fourth-order valence-electron chi connectivity index (χ4n) is 2.21. The molecule has 1 aliphatic heterocycles. The molecule has 100 valence electrons. The van der Waals surface area contributed by atoms with Gasteiger partial charge >= 0.3 is 0 Å². The van der Waals surface area contributed by atoms with Gasteiger partial charge in [0.15, 0.2) is 11.6 Å². The van der Waals surface area contributed by atoms with E-state index in [0.717, 1.165) is 43.6 Å². The Morgan fingerprint density at radius 3 is 3.28 bits per heavy atom. The first-order chi connectivity index (χ1) is 8.90. The van der Waals surface area contributed by atoms with Crippen molar-refractivity contribution < 1.29 is 4.74 Å². The van der Waals surface area contributed by atoms with Gasteiger partial charge in [0.2, 0.25) is 0 Å². The van der Waals surface area contributed by atoms with Gasteiger partial charge in [-0.1, -0.05) is 6.92 Å². The van der Waals surface area contributed by atoms with Gasteiger partial charge in [0, 0.05) is 12.7 Å². The first-order valence-electron chi connectivity index (χ1n) is 6.92. The maximum absolute atomic E-state index is 5.67. The minimum absolute atomic E-state index is 0.743. The Bertz CT molecular complexity index is 351. The summed E-state index contributed by atoms with van der Waals surface area (Å²) in [5.74, 6) is 2.54. The van der Waals surface area contributed by atoms with Crippen LogP contribution >= 0.6 is 0 Å². The standard InChI is InChI=1S/C14H23N3O/c1-2-10-18-13-4-3-7-16-14(13)17-9-6-12-5-8-15-11-12/h3-4,7,12,15H,2,5-6,8-11H2,1H3,(H,16,17). The predicted octanol–water partition coefficient (Wildman–Crippen LogP) is 2.28. The Hall–Kier alpha value is -1.29. The van der Waals surface area contributed by atoms with Crippen molar-refractivity contribution in [2.24, 2.45) is 5.92 Å². The third-order valence-corrected chi connectivity index (χ3v) is 3.24. The second-order valence-electron chi connectivity index (χ2n) is 4.77. The van der Waals surface area contributed by atoms with Crippen LogP contribution in [0.25, 0.3) is 0 Å². The lowest BCUT2D eigenvalue weighted by Gasteiger charge is -2.13. The van der Waals surface area contributed by atoms with Crippen LogP contribution in [0.2, 0.25) is 0 Å². The molecule has 4 nitrogen and oxygen atoms in total. The Balaban J connectivity index is 1.79. The highest BCUT2D eigenvalue weighted by atomic mass is 16.5. The highest BCUT2D eigenvalue weighted by Crippen LogP contribution is 2.21. The third-order valence-electron chi connectivity index (χ3n) is 3.24. The molecule has 1 atom stereocenters. The molecule has 0 saturated carbocycles. The molecule has 0 aliphatic carbocycles. The van der Waals surface area contributed by atoms with Gasteiger partial charge in [-0.3, -0.25) is 0 Å². The Morgan fingerprint density at radius 2 is 2.50 bits per heavy atom. The van der Waals surface area contributed by atoms with Crippen molar-refractivity contribution in [3.8, 4) is 5.75 Å². The molecular formula is C14H23N3O. The fourth-order valence-corrected chi connectivity index (χ4v) is 2.21. The topological polar surface area (TPSA) is 46.2 Å². The van der Waals surface area contributed by atoms with E-state index in [1.807, 2.05) is 12.1 Å². The molecule has 0 aromatic carbocycles. The van der Waals surface area contributed by atoms with E-state index < -0.39 is 0 Å².